The SMILES string of the molecule is Cc1csc(NC(=O)CN2CCN(c3ccc(F)cc3)CC2)n1. The van der Waals surface area contributed by atoms with Crippen LogP contribution in [0.1, 0.15) is 5.69 Å². The Morgan fingerprint density at radius 2 is 1.96 bits per heavy atom. The first-order valence-corrected chi connectivity index (χ1v) is 8.43. The van der Waals surface area contributed by atoms with E-state index in [1.54, 1.807) is 12.1 Å². The van der Waals surface area contributed by atoms with Crippen molar-refractivity contribution in [1.82, 2.24) is 9.88 Å². The Morgan fingerprint density at radius 1 is 1.26 bits per heavy atom. The van der Waals surface area contributed by atoms with Gasteiger partial charge in [0.15, 0.2) is 5.13 Å². The highest BCUT2D eigenvalue weighted by atomic mass is 32.1. The minimum atomic E-state index is -0.221. The number of hydrogen-bond acceptors (Lipinski definition) is 5. The summed E-state index contributed by atoms with van der Waals surface area (Å²) < 4.78 is 13.0. The summed E-state index contributed by atoms with van der Waals surface area (Å²) in [6.07, 6.45) is 0. The van der Waals surface area contributed by atoms with Crippen molar-refractivity contribution >= 4 is 28.1 Å². The van der Waals surface area contributed by atoms with Crippen LogP contribution in [0.3, 0.4) is 0 Å². The van der Waals surface area contributed by atoms with Crippen molar-refractivity contribution in [3.05, 3.63) is 41.2 Å². The zero-order valence-corrected chi connectivity index (χ0v) is 13.8. The van der Waals surface area contributed by atoms with E-state index in [1.165, 1.54) is 23.5 Å². The molecular weight excluding hydrogens is 315 g/mol. The van der Waals surface area contributed by atoms with E-state index in [-0.39, 0.29) is 11.7 Å². The van der Waals surface area contributed by atoms with E-state index in [9.17, 15) is 9.18 Å². The predicted molar refractivity (Wildman–Crippen MR) is 90.5 cm³/mol. The van der Waals surface area contributed by atoms with Gasteiger partial charge in [-0.25, -0.2) is 9.37 Å². The van der Waals surface area contributed by atoms with Gasteiger partial charge in [0.1, 0.15) is 5.82 Å². The topological polar surface area (TPSA) is 48.5 Å². The molecule has 1 saturated heterocycles. The monoisotopic (exact) mass is 334 g/mol. The highest BCUT2D eigenvalue weighted by Crippen LogP contribution is 2.17. The molecule has 0 atom stereocenters. The summed E-state index contributed by atoms with van der Waals surface area (Å²) in [7, 11) is 0. The fraction of sp³-hybridized carbons (Fsp3) is 0.375. The fourth-order valence-electron chi connectivity index (χ4n) is 2.59. The van der Waals surface area contributed by atoms with Crippen molar-refractivity contribution in [2.75, 3.05) is 42.9 Å². The molecule has 0 saturated carbocycles. The number of carbonyl (C=O) groups excluding carboxylic acids is 1. The summed E-state index contributed by atoms with van der Waals surface area (Å²) >= 11 is 1.44. The van der Waals surface area contributed by atoms with Gasteiger partial charge in [0.2, 0.25) is 5.91 Å². The van der Waals surface area contributed by atoms with Crippen LogP contribution in [0.25, 0.3) is 0 Å². The maximum Gasteiger partial charge on any atom is 0.240 e. The Bertz CT molecular complexity index is 665. The minimum Gasteiger partial charge on any atom is -0.369 e. The molecule has 0 aliphatic carbocycles. The van der Waals surface area contributed by atoms with Crippen LogP contribution in [0.5, 0.6) is 0 Å². The maximum absolute atomic E-state index is 13.0. The summed E-state index contributed by atoms with van der Waals surface area (Å²) in [5.41, 5.74) is 1.94. The summed E-state index contributed by atoms with van der Waals surface area (Å²) in [5, 5.41) is 5.39. The molecular formula is C16H19FN4OS. The number of nitrogens with zero attached hydrogens (tertiary/aromatic N) is 3. The van der Waals surface area contributed by atoms with Crippen LogP contribution in [-0.2, 0) is 4.79 Å². The van der Waals surface area contributed by atoms with Crippen molar-refractivity contribution in [1.29, 1.82) is 0 Å². The van der Waals surface area contributed by atoms with Gasteiger partial charge in [-0.15, -0.1) is 11.3 Å². The number of halogens is 1. The maximum atomic E-state index is 13.0. The second-order valence-electron chi connectivity index (χ2n) is 5.58. The van der Waals surface area contributed by atoms with Gasteiger partial charge < -0.3 is 10.2 Å². The number of carbonyl (C=O) groups is 1. The average Bonchev–Trinajstić information content (AvgIpc) is 2.94. The molecule has 1 aliphatic heterocycles. The molecule has 23 heavy (non-hydrogen) atoms. The van der Waals surface area contributed by atoms with Crippen LogP contribution in [0.4, 0.5) is 15.2 Å². The number of benzene rings is 1. The first kappa shape index (κ1) is 15.9. The molecule has 1 fully saturated rings. The fourth-order valence-corrected chi connectivity index (χ4v) is 3.29. The Morgan fingerprint density at radius 3 is 2.57 bits per heavy atom. The normalized spacial score (nSPS) is 15.7. The Hall–Kier alpha value is -1.99. The molecule has 0 unspecified atom stereocenters. The lowest BCUT2D eigenvalue weighted by Gasteiger charge is -2.35. The number of piperazine rings is 1. The molecule has 0 spiro atoms. The van der Waals surface area contributed by atoms with Gasteiger partial charge in [0.25, 0.3) is 0 Å². The quantitative estimate of drug-likeness (QED) is 0.932. The highest BCUT2D eigenvalue weighted by Gasteiger charge is 2.19. The van der Waals surface area contributed by atoms with Crippen LogP contribution in [0.2, 0.25) is 0 Å². The Balaban J connectivity index is 1.47. The molecule has 2 aromatic rings. The second kappa shape index (κ2) is 7.06. The van der Waals surface area contributed by atoms with Gasteiger partial charge in [0, 0.05) is 37.2 Å². The zero-order valence-electron chi connectivity index (χ0n) is 13.0. The van der Waals surface area contributed by atoms with E-state index in [0.717, 1.165) is 37.6 Å². The third-order valence-electron chi connectivity index (χ3n) is 3.80. The van der Waals surface area contributed by atoms with E-state index < -0.39 is 0 Å². The Labute approximate surface area is 138 Å². The van der Waals surface area contributed by atoms with Crippen molar-refractivity contribution in [2.24, 2.45) is 0 Å². The summed E-state index contributed by atoms with van der Waals surface area (Å²) in [5.74, 6) is -0.254. The number of aryl methyl sites for hydroxylation is 1. The molecule has 7 heteroatoms. The number of hydrogen-bond donors (Lipinski definition) is 1. The second-order valence-corrected chi connectivity index (χ2v) is 6.44. The van der Waals surface area contributed by atoms with E-state index in [0.29, 0.717) is 11.7 Å². The van der Waals surface area contributed by atoms with E-state index in [4.69, 9.17) is 0 Å². The molecule has 5 nitrogen and oxygen atoms in total. The lowest BCUT2D eigenvalue weighted by atomic mass is 10.2. The number of thiazole rings is 1. The van der Waals surface area contributed by atoms with Crippen LogP contribution in [0, 0.1) is 12.7 Å². The molecule has 122 valence electrons. The van der Waals surface area contributed by atoms with Crippen LogP contribution < -0.4 is 10.2 Å². The lowest BCUT2D eigenvalue weighted by Crippen LogP contribution is -2.48. The molecule has 2 heterocycles. The third kappa shape index (κ3) is 4.27. The Kier molecular flexibility index (Phi) is 4.88. The van der Waals surface area contributed by atoms with Gasteiger partial charge in [-0.3, -0.25) is 9.69 Å². The third-order valence-corrected chi connectivity index (χ3v) is 4.67. The highest BCUT2D eigenvalue weighted by molar-refractivity contribution is 7.13. The van der Waals surface area contributed by atoms with Gasteiger partial charge in [-0.2, -0.15) is 0 Å². The largest absolute Gasteiger partial charge is 0.369 e. The first-order valence-electron chi connectivity index (χ1n) is 7.55. The minimum absolute atomic E-state index is 0.0328. The van der Waals surface area contributed by atoms with Crippen molar-refractivity contribution in [2.45, 2.75) is 6.92 Å². The molecule has 1 aromatic heterocycles. The van der Waals surface area contributed by atoms with Gasteiger partial charge in [-0.05, 0) is 31.2 Å². The standard InChI is InChI=1S/C16H19FN4OS/c1-12-11-23-16(18-12)19-15(22)10-20-6-8-21(9-7-20)14-4-2-13(17)3-5-14/h2-5,11H,6-10H2,1H3,(H,18,19,22). The lowest BCUT2D eigenvalue weighted by molar-refractivity contribution is -0.117. The summed E-state index contributed by atoms with van der Waals surface area (Å²) in [6.45, 7) is 5.55. The van der Waals surface area contributed by atoms with E-state index in [1.807, 2.05) is 12.3 Å². The predicted octanol–water partition coefficient (Wildman–Crippen LogP) is 2.35. The zero-order chi connectivity index (χ0) is 16.2. The number of amides is 1. The van der Waals surface area contributed by atoms with Crippen molar-refractivity contribution in [3.8, 4) is 0 Å². The van der Waals surface area contributed by atoms with Crippen molar-refractivity contribution in [3.63, 3.8) is 0 Å². The molecule has 1 aromatic carbocycles. The summed E-state index contributed by atoms with van der Waals surface area (Å²) in [4.78, 5) is 20.6. The summed E-state index contributed by atoms with van der Waals surface area (Å²) in [6, 6.07) is 6.54. The smallest absolute Gasteiger partial charge is 0.240 e. The molecule has 0 radical (unpaired) electrons. The van der Waals surface area contributed by atoms with Crippen molar-refractivity contribution < 1.29 is 9.18 Å². The van der Waals surface area contributed by atoms with Crippen LogP contribution in [-0.4, -0.2) is 48.5 Å². The molecule has 3 rings (SSSR count). The van der Waals surface area contributed by atoms with Gasteiger partial charge in [-0.1, -0.05) is 0 Å². The number of anilines is 2. The van der Waals surface area contributed by atoms with Gasteiger partial charge in [0.05, 0.1) is 12.2 Å². The molecule has 1 N–H and O–H groups in total. The molecule has 1 aliphatic rings. The number of rotatable bonds is 4. The molecule has 0 bridgehead atoms. The first-order chi connectivity index (χ1) is 11.1. The molecule has 1 amide bonds. The number of aromatic nitrogens is 1. The van der Waals surface area contributed by atoms with Crippen LogP contribution >= 0.6 is 11.3 Å². The van der Waals surface area contributed by atoms with E-state index >= 15 is 0 Å². The van der Waals surface area contributed by atoms with E-state index in [2.05, 4.69) is 20.1 Å². The average molecular weight is 334 g/mol. The van der Waals surface area contributed by atoms with Gasteiger partial charge >= 0.3 is 0 Å². The number of nitrogens with one attached hydrogen (secondary N) is 1. The van der Waals surface area contributed by atoms with Crippen LogP contribution in [0.15, 0.2) is 29.6 Å².